The quantitative estimate of drug-likeness (QED) is 0.784. The van der Waals surface area contributed by atoms with Crippen LogP contribution in [0.2, 0.25) is 0 Å². The van der Waals surface area contributed by atoms with Gasteiger partial charge in [0.25, 0.3) is 5.91 Å². The van der Waals surface area contributed by atoms with Crippen molar-refractivity contribution in [3.8, 4) is 0 Å². The van der Waals surface area contributed by atoms with Gasteiger partial charge in [0.2, 0.25) is 0 Å². The lowest BCUT2D eigenvalue weighted by Gasteiger charge is -2.36. The van der Waals surface area contributed by atoms with Crippen LogP contribution in [0.15, 0.2) is 0 Å². The third-order valence-corrected chi connectivity index (χ3v) is 4.61. The SMILES string of the molecule is CSCCN1C(=O)N[C@@]2(CCCC[C@H]2C)C1=O. The zero-order valence-electron chi connectivity index (χ0n) is 10.5. The molecule has 2 fully saturated rings. The van der Waals surface area contributed by atoms with Gasteiger partial charge < -0.3 is 5.32 Å². The zero-order chi connectivity index (χ0) is 12.5. The van der Waals surface area contributed by atoms with Crippen molar-refractivity contribution in [2.45, 2.75) is 38.1 Å². The van der Waals surface area contributed by atoms with Gasteiger partial charge in [-0.3, -0.25) is 9.69 Å². The summed E-state index contributed by atoms with van der Waals surface area (Å²) < 4.78 is 0. The molecular weight excluding hydrogens is 236 g/mol. The summed E-state index contributed by atoms with van der Waals surface area (Å²) in [7, 11) is 0. The number of hydrogen-bond acceptors (Lipinski definition) is 3. The van der Waals surface area contributed by atoms with E-state index in [1.807, 2.05) is 6.26 Å². The number of nitrogens with one attached hydrogen (secondary N) is 1. The van der Waals surface area contributed by atoms with E-state index >= 15 is 0 Å². The first-order valence-electron chi connectivity index (χ1n) is 6.25. The highest BCUT2D eigenvalue weighted by atomic mass is 32.2. The Morgan fingerprint density at radius 3 is 2.88 bits per heavy atom. The Hall–Kier alpha value is -0.710. The third-order valence-electron chi connectivity index (χ3n) is 4.02. The summed E-state index contributed by atoms with van der Waals surface area (Å²) in [6, 6.07) is -0.196. The molecule has 1 aliphatic heterocycles. The second-order valence-corrected chi connectivity index (χ2v) is 5.98. The predicted octanol–water partition coefficient (Wildman–Crippen LogP) is 1.85. The van der Waals surface area contributed by atoms with Gasteiger partial charge >= 0.3 is 6.03 Å². The molecule has 2 atom stereocenters. The van der Waals surface area contributed by atoms with Crippen LogP contribution in [-0.2, 0) is 4.79 Å². The Balaban J connectivity index is 2.16. The van der Waals surface area contributed by atoms with Crippen molar-refractivity contribution in [1.29, 1.82) is 0 Å². The normalized spacial score (nSPS) is 33.3. The lowest BCUT2D eigenvalue weighted by molar-refractivity contribution is -0.134. The number of urea groups is 1. The van der Waals surface area contributed by atoms with E-state index in [0.29, 0.717) is 6.54 Å². The van der Waals surface area contributed by atoms with Crippen LogP contribution in [0.1, 0.15) is 32.6 Å². The summed E-state index contributed by atoms with van der Waals surface area (Å²) in [5.74, 6) is 1.07. The number of imide groups is 1. The van der Waals surface area contributed by atoms with Crippen LogP contribution in [0, 0.1) is 5.92 Å². The number of carbonyl (C=O) groups is 2. The highest BCUT2D eigenvalue weighted by molar-refractivity contribution is 7.98. The molecule has 1 saturated heterocycles. The summed E-state index contributed by atoms with van der Waals surface area (Å²) in [5.41, 5.74) is -0.590. The molecule has 0 aromatic heterocycles. The van der Waals surface area contributed by atoms with Crippen LogP contribution in [0.5, 0.6) is 0 Å². The molecule has 1 saturated carbocycles. The van der Waals surface area contributed by atoms with E-state index in [-0.39, 0.29) is 17.9 Å². The van der Waals surface area contributed by atoms with Crippen molar-refractivity contribution in [2.24, 2.45) is 5.92 Å². The standard InChI is InChI=1S/C12H20N2O2S/c1-9-5-3-4-6-12(9)10(15)14(7-8-17-2)11(16)13-12/h9H,3-8H2,1-2H3,(H,13,16)/t9-,12-/m1/s1. The molecule has 3 amide bonds. The smallest absolute Gasteiger partial charge is 0.323 e. The van der Waals surface area contributed by atoms with Gasteiger partial charge in [-0.05, 0) is 25.0 Å². The van der Waals surface area contributed by atoms with Crippen LogP contribution < -0.4 is 5.32 Å². The highest BCUT2D eigenvalue weighted by Crippen LogP contribution is 2.38. The Labute approximate surface area is 106 Å². The highest BCUT2D eigenvalue weighted by Gasteiger charge is 2.54. The van der Waals surface area contributed by atoms with E-state index in [1.165, 1.54) is 4.90 Å². The number of hydrogen-bond donors (Lipinski definition) is 1. The van der Waals surface area contributed by atoms with E-state index in [9.17, 15) is 9.59 Å². The summed E-state index contributed by atoms with van der Waals surface area (Å²) >= 11 is 1.65. The maximum Gasteiger partial charge on any atom is 0.325 e. The van der Waals surface area contributed by atoms with Gasteiger partial charge in [0.05, 0.1) is 0 Å². The van der Waals surface area contributed by atoms with Crippen molar-refractivity contribution in [1.82, 2.24) is 10.2 Å². The van der Waals surface area contributed by atoms with E-state index < -0.39 is 5.54 Å². The molecule has 17 heavy (non-hydrogen) atoms. The number of rotatable bonds is 3. The molecule has 96 valence electrons. The monoisotopic (exact) mass is 256 g/mol. The van der Waals surface area contributed by atoms with Gasteiger partial charge in [-0.25, -0.2) is 4.79 Å². The van der Waals surface area contributed by atoms with Gasteiger partial charge in [-0.15, -0.1) is 0 Å². The average Bonchev–Trinajstić information content (AvgIpc) is 2.54. The number of carbonyl (C=O) groups excluding carboxylic acids is 2. The van der Waals surface area contributed by atoms with Crippen LogP contribution in [0.3, 0.4) is 0 Å². The second-order valence-electron chi connectivity index (χ2n) is 5.00. The summed E-state index contributed by atoms with van der Waals surface area (Å²) in [4.78, 5) is 25.7. The average molecular weight is 256 g/mol. The molecule has 0 radical (unpaired) electrons. The maximum atomic E-state index is 12.4. The predicted molar refractivity (Wildman–Crippen MR) is 69.0 cm³/mol. The van der Waals surface area contributed by atoms with E-state index in [4.69, 9.17) is 0 Å². The molecule has 0 aromatic rings. The minimum absolute atomic E-state index is 0.00347. The minimum Gasteiger partial charge on any atom is -0.323 e. The lowest BCUT2D eigenvalue weighted by atomic mass is 9.73. The van der Waals surface area contributed by atoms with Gasteiger partial charge in [-0.2, -0.15) is 11.8 Å². The number of nitrogens with zero attached hydrogens (tertiary/aromatic N) is 1. The molecule has 2 aliphatic rings. The molecule has 0 aromatic carbocycles. The fourth-order valence-electron chi connectivity index (χ4n) is 2.88. The summed E-state index contributed by atoms with van der Waals surface area (Å²) in [5, 5.41) is 2.96. The molecule has 1 aliphatic carbocycles. The van der Waals surface area contributed by atoms with Gasteiger partial charge in [0.15, 0.2) is 0 Å². The van der Waals surface area contributed by atoms with E-state index in [2.05, 4.69) is 12.2 Å². The largest absolute Gasteiger partial charge is 0.325 e. The maximum absolute atomic E-state index is 12.4. The van der Waals surface area contributed by atoms with Crippen molar-refractivity contribution >= 4 is 23.7 Å². The molecule has 2 rings (SSSR count). The summed E-state index contributed by atoms with van der Waals surface area (Å²) in [6.07, 6.45) is 6.01. The molecule has 1 heterocycles. The zero-order valence-corrected chi connectivity index (χ0v) is 11.3. The fraction of sp³-hybridized carbons (Fsp3) is 0.833. The van der Waals surface area contributed by atoms with E-state index in [1.54, 1.807) is 11.8 Å². The third kappa shape index (κ3) is 2.05. The Bertz CT molecular complexity index is 334. The van der Waals surface area contributed by atoms with Gasteiger partial charge in [0, 0.05) is 12.3 Å². The van der Waals surface area contributed by atoms with Crippen molar-refractivity contribution in [3.63, 3.8) is 0 Å². The van der Waals surface area contributed by atoms with Gasteiger partial charge in [-0.1, -0.05) is 19.8 Å². The molecule has 0 unspecified atom stereocenters. The molecule has 1 N–H and O–H groups in total. The molecule has 0 bridgehead atoms. The fourth-order valence-corrected chi connectivity index (χ4v) is 3.25. The Morgan fingerprint density at radius 1 is 1.47 bits per heavy atom. The van der Waals surface area contributed by atoms with Crippen LogP contribution in [-0.4, -0.2) is 40.9 Å². The number of thioether (sulfide) groups is 1. The first-order chi connectivity index (χ1) is 8.12. The van der Waals surface area contributed by atoms with Crippen molar-refractivity contribution in [3.05, 3.63) is 0 Å². The Morgan fingerprint density at radius 2 is 2.24 bits per heavy atom. The molecule has 1 spiro atoms. The first-order valence-corrected chi connectivity index (χ1v) is 7.64. The Kier molecular flexibility index (Phi) is 3.66. The van der Waals surface area contributed by atoms with Crippen LogP contribution >= 0.6 is 11.8 Å². The molecule has 4 nitrogen and oxygen atoms in total. The second kappa shape index (κ2) is 4.88. The molecule has 5 heteroatoms. The van der Waals surface area contributed by atoms with Crippen LogP contribution in [0.4, 0.5) is 4.79 Å². The minimum atomic E-state index is -0.590. The molecular formula is C12H20N2O2S. The van der Waals surface area contributed by atoms with Crippen molar-refractivity contribution in [2.75, 3.05) is 18.6 Å². The van der Waals surface area contributed by atoms with Gasteiger partial charge in [0.1, 0.15) is 5.54 Å². The first kappa shape index (κ1) is 12.7. The van der Waals surface area contributed by atoms with Crippen molar-refractivity contribution < 1.29 is 9.59 Å². The van der Waals surface area contributed by atoms with E-state index in [0.717, 1.165) is 31.4 Å². The number of amides is 3. The summed E-state index contributed by atoms with van der Waals surface area (Å²) in [6.45, 7) is 2.61. The lowest BCUT2D eigenvalue weighted by Crippen LogP contribution is -2.54. The van der Waals surface area contributed by atoms with Crippen LogP contribution in [0.25, 0.3) is 0 Å². The topological polar surface area (TPSA) is 49.4 Å².